The summed E-state index contributed by atoms with van der Waals surface area (Å²) >= 11 is 3.37. The second kappa shape index (κ2) is 10.5. The third kappa shape index (κ3) is 4.60. The monoisotopic (exact) mass is 571 g/mol. The fourth-order valence-corrected chi connectivity index (χ4v) is 4.81. The SMILES string of the molecule is COc1ccc(/C(O)=C2\C(=O)C(=O)N(c3cccc(F)c3)C2c2cc(OC)c(OC)c(OC)c2)cc1Br. The number of rotatable bonds is 7. The van der Waals surface area contributed by atoms with Crippen LogP contribution in [0.3, 0.4) is 0 Å². The zero-order valence-electron chi connectivity index (χ0n) is 20.4. The highest BCUT2D eigenvalue weighted by molar-refractivity contribution is 9.10. The van der Waals surface area contributed by atoms with Crippen LogP contribution in [0.5, 0.6) is 23.0 Å². The Balaban J connectivity index is 2.02. The molecule has 0 aromatic heterocycles. The van der Waals surface area contributed by atoms with Gasteiger partial charge in [0.2, 0.25) is 5.75 Å². The number of nitrogens with zero attached hydrogens (tertiary/aromatic N) is 1. The van der Waals surface area contributed by atoms with Gasteiger partial charge in [-0.25, -0.2) is 4.39 Å². The van der Waals surface area contributed by atoms with Gasteiger partial charge < -0.3 is 24.1 Å². The molecule has 37 heavy (non-hydrogen) atoms. The first-order chi connectivity index (χ1) is 17.7. The van der Waals surface area contributed by atoms with Crippen molar-refractivity contribution in [3.05, 3.63) is 81.6 Å². The number of amides is 1. The number of Topliss-reactive ketones (excluding diaryl/α,β-unsaturated/α-hetero) is 1. The number of hydrogen-bond acceptors (Lipinski definition) is 7. The summed E-state index contributed by atoms with van der Waals surface area (Å²) in [6.45, 7) is 0. The van der Waals surface area contributed by atoms with E-state index < -0.39 is 29.3 Å². The quantitative estimate of drug-likeness (QED) is 0.235. The van der Waals surface area contributed by atoms with E-state index in [0.717, 1.165) is 11.0 Å². The molecular weight excluding hydrogens is 549 g/mol. The van der Waals surface area contributed by atoms with Crippen molar-refractivity contribution >= 4 is 39.1 Å². The molecule has 0 saturated carbocycles. The minimum Gasteiger partial charge on any atom is -0.507 e. The minimum absolute atomic E-state index is 0.135. The zero-order chi connectivity index (χ0) is 26.9. The lowest BCUT2D eigenvalue weighted by Crippen LogP contribution is -2.29. The molecule has 8 nitrogen and oxygen atoms in total. The van der Waals surface area contributed by atoms with Crippen LogP contribution in [0.2, 0.25) is 0 Å². The van der Waals surface area contributed by atoms with Crippen LogP contribution in [0.1, 0.15) is 17.2 Å². The smallest absolute Gasteiger partial charge is 0.300 e. The molecule has 3 aromatic carbocycles. The predicted molar refractivity (Wildman–Crippen MR) is 138 cm³/mol. The molecule has 1 heterocycles. The van der Waals surface area contributed by atoms with Crippen molar-refractivity contribution in [1.82, 2.24) is 0 Å². The Bertz CT molecular complexity index is 1400. The van der Waals surface area contributed by atoms with Crippen LogP contribution >= 0.6 is 15.9 Å². The van der Waals surface area contributed by atoms with Gasteiger partial charge in [-0.2, -0.15) is 0 Å². The Hall–Kier alpha value is -4.05. The van der Waals surface area contributed by atoms with E-state index in [0.29, 0.717) is 21.5 Å². The van der Waals surface area contributed by atoms with Gasteiger partial charge in [-0.3, -0.25) is 14.5 Å². The summed E-state index contributed by atoms with van der Waals surface area (Å²) in [5, 5.41) is 11.4. The van der Waals surface area contributed by atoms with Crippen molar-refractivity contribution in [3.8, 4) is 23.0 Å². The number of benzene rings is 3. The number of hydrogen-bond donors (Lipinski definition) is 1. The lowest BCUT2D eigenvalue weighted by molar-refractivity contribution is -0.132. The topological polar surface area (TPSA) is 94.5 Å². The van der Waals surface area contributed by atoms with Crippen LogP contribution in [-0.2, 0) is 9.59 Å². The molecule has 4 rings (SSSR count). The lowest BCUT2D eigenvalue weighted by Gasteiger charge is -2.26. The molecule has 1 amide bonds. The molecular formula is C27H23BrFNO7. The molecule has 0 radical (unpaired) electrons. The summed E-state index contributed by atoms with van der Waals surface area (Å²) in [6.07, 6.45) is 0. The van der Waals surface area contributed by atoms with E-state index in [4.69, 9.17) is 18.9 Å². The molecule has 0 aliphatic carbocycles. The number of ketones is 1. The van der Waals surface area contributed by atoms with Crippen molar-refractivity contribution in [1.29, 1.82) is 0 Å². The van der Waals surface area contributed by atoms with Crippen molar-refractivity contribution in [2.75, 3.05) is 33.3 Å². The number of aliphatic hydroxyl groups is 1. The van der Waals surface area contributed by atoms with E-state index in [-0.39, 0.29) is 28.3 Å². The second-order valence-electron chi connectivity index (χ2n) is 7.96. The summed E-state index contributed by atoms with van der Waals surface area (Å²) in [6, 6.07) is 12.0. The third-order valence-corrected chi connectivity index (χ3v) is 6.58. The summed E-state index contributed by atoms with van der Waals surface area (Å²) < 4.78 is 36.3. The number of anilines is 1. The number of ether oxygens (including phenoxy) is 4. The molecule has 0 spiro atoms. The highest BCUT2D eigenvalue weighted by Crippen LogP contribution is 2.47. The van der Waals surface area contributed by atoms with Gasteiger partial charge in [0.1, 0.15) is 17.3 Å². The molecule has 1 aliphatic heterocycles. The Morgan fingerprint density at radius 3 is 2.08 bits per heavy atom. The molecule has 1 N–H and O–H groups in total. The second-order valence-corrected chi connectivity index (χ2v) is 8.81. The number of carbonyl (C=O) groups is 2. The van der Waals surface area contributed by atoms with E-state index in [9.17, 15) is 19.1 Å². The fourth-order valence-electron chi connectivity index (χ4n) is 4.27. The number of methoxy groups -OCH3 is 4. The molecule has 1 unspecified atom stereocenters. The number of aliphatic hydroxyl groups excluding tert-OH is 1. The maximum atomic E-state index is 14.2. The maximum Gasteiger partial charge on any atom is 0.300 e. The van der Waals surface area contributed by atoms with Crippen LogP contribution in [0, 0.1) is 5.82 Å². The van der Waals surface area contributed by atoms with Crippen LogP contribution < -0.4 is 23.8 Å². The molecule has 1 fully saturated rings. The van der Waals surface area contributed by atoms with Gasteiger partial charge >= 0.3 is 0 Å². The Morgan fingerprint density at radius 2 is 1.54 bits per heavy atom. The Kier molecular flexibility index (Phi) is 7.40. The van der Waals surface area contributed by atoms with Gasteiger partial charge in [0, 0.05) is 11.3 Å². The van der Waals surface area contributed by atoms with Gasteiger partial charge in [-0.1, -0.05) is 6.07 Å². The molecule has 192 valence electrons. The highest BCUT2D eigenvalue weighted by atomic mass is 79.9. The first-order valence-electron chi connectivity index (χ1n) is 11.0. The van der Waals surface area contributed by atoms with Gasteiger partial charge in [0.15, 0.2) is 11.5 Å². The van der Waals surface area contributed by atoms with E-state index >= 15 is 0 Å². The van der Waals surface area contributed by atoms with E-state index in [1.54, 1.807) is 30.3 Å². The summed E-state index contributed by atoms with van der Waals surface area (Å²) in [4.78, 5) is 27.9. The summed E-state index contributed by atoms with van der Waals surface area (Å²) in [5.41, 5.74) is 0.575. The predicted octanol–water partition coefficient (Wildman–Crippen LogP) is 5.25. The fraction of sp³-hybridized carbons (Fsp3) is 0.185. The minimum atomic E-state index is -1.14. The van der Waals surface area contributed by atoms with Gasteiger partial charge in [-0.15, -0.1) is 0 Å². The number of halogens is 2. The summed E-state index contributed by atoms with van der Waals surface area (Å²) in [5.74, 6) is -1.52. The third-order valence-electron chi connectivity index (χ3n) is 5.96. The molecule has 1 atom stereocenters. The molecule has 1 saturated heterocycles. The van der Waals surface area contributed by atoms with Gasteiger partial charge in [-0.05, 0) is 70.0 Å². The highest BCUT2D eigenvalue weighted by Gasteiger charge is 2.47. The first-order valence-corrected chi connectivity index (χ1v) is 11.7. The average molecular weight is 572 g/mol. The van der Waals surface area contributed by atoms with E-state index in [2.05, 4.69) is 15.9 Å². The van der Waals surface area contributed by atoms with Gasteiger partial charge in [0.05, 0.1) is 44.5 Å². The zero-order valence-corrected chi connectivity index (χ0v) is 22.0. The maximum absolute atomic E-state index is 14.2. The van der Waals surface area contributed by atoms with Crippen molar-refractivity contribution in [2.45, 2.75) is 6.04 Å². The first kappa shape index (κ1) is 26.0. The van der Waals surface area contributed by atoms with E-state index in [1.807, 2.05) is 0 Å². The normalized spacial score (nSPS) is 16.6. The van der Waals surface area contributed by atoms with Crippen molar-refractivity contribution in [2.24, 2.45) is 0 Å². The number of carbonyl (C=O) groups excluding carboxylic acids is 2. The van der Waals surface area contributed by atoms with Crippen molar-refractivity contribution < 1.29 is 38.0 Å². The van der Waals surface area contributed by atoms with Crippen LogP contribution in [0.25, 0.3) is 5.76 Å². The van der Waals surface area contributed by atoms with E-state index in [1.165, 1.54) is 46.6 Å². The standard InChI is InChI=1S/C27H23BrFNO7/c1-34-19-9-8-14(10-18(19)28)24(31)22-23(15-11-20(35-2)26(37-4)21(12-15)36-3)30(27(33)25(22)32)17-7-5-6-16(29)13-17/h5-13,23,31H,1-4H3/b24-22+. The van der Waals surface area contributed by atoms with Gasteiger partial charge in [0.25, 0.3) is 11.7 Å². The molecule has 3 aromatic rings. The Morgan fingerprint density at radius 1 is 0.892 bits per heavy atom. The molecule has 0 bridgehead atoms. The Labute approximate surface area is 220 Å². The van der Waals surface area contributed by atoms with Crippen molar-refractivity contribution in [3.63, 3.8) is 0 Å². The summed E-state index contributed by atoms with van der Waals surface area (Å²) in [7, 11) is 5.80. The molecule has 1 aliphatic rings. The largest absolute Gasteiger partial charge is 0.507 e. The average Bonchev–Trinajstić information content (AvgIpc) is 3.17. The lowest BCUT2D eigenvalue weighted by atomic mass is 9.94. The van der Waals surface area contributed by atoms with Crippen LogP contribution in [0.4, 0.5) is 10.1 Å². The van der Waals surface area contributed by atoms with Crippen LogP contribution in [-0.4, -0.2) is 45.2 Å². The van der Waals surface area contributed by atoms with Crippen LogP contribution in [0.15, 0.2) is 64.6 Å². The molecule has 10 heteroatoms.